The quantitative estimate of drug-likeness (QED) is 0.641. The Morgan fingerprint density at radius 3 is 2.14 bits per heavy atom. The minimum Gasteiger partial charge on any atom is -0.352 e. The molecular weight excluding hydrogens is 438 g/mol. The van der Waals surface area contributed by atoms with Gasteiger partial charge in [0.05, 0.1) is 0 Å². The largest absolute Gasteiger partial charge is 0.352 e. The molecule has 3 atom stereocenters. The number of hydrogen-bond donors (Lipinski definition) is 2. The number of fused-ring (bicyclic) bond motifs is 1. The van der Waals surface area contributed by atoms with E-state index in [-0.39, 0.29) is 35.6 Å². The first-order chi connectivity index (χ1) is 16.7. The second-order valence-corrected chi connectivity index (χ2v) is 10.8. The summed E-state index contributed by atoms with van der Waals surface area (Å²) in [5, 5.41) is 6.06. The minimum atomic E-state index is -0.869. The molecular formula is C29H37N3O3. The number of carbonyl (C=O) groups is 3. The van der Waals surface area contributed by atoms with Crippen LogP contribution in [-0.4, -0.2) is 40.7 Å². The summed E-state index contributed by atoms with van der Waals surface area (Å²) in [7, 11) is 0. The van der Waals surface area contributed by atoms with E-state index < -0.39 is 18.1 Å². The lowest BCUT2D eigenvalue weighted by atomic mass is 9.87. The highest BCUT2D eigenvalue weighted by Crippen LogP contribution is 2.35. The predicted octanol–water partition coefficient (Wildman–Crippen LogP) is 3.72. The highest BCUT2D eigenvalue weighted by Gasteiger charge is 2.49. The zero-order valence-corrected chi connectivity index (χ0v) is 21.4. The van der Waals surface area contributed by atoms with Gasteiger partial charge in [-0.15, -0.1) is 0 Å². The molecule has 0 saturated carbocycles. The van der Waals surface area contributed by atoms with Gasteiger partial charge in [-0.05, 0) is 68.6 Å². The van der Waals surface area contributed by atoms with E-state index in [0.29, 0.717) is 6.42 Å². The van der Waals surface area contributed by atoms with Crippen LogP contribution in [0.15, 0.2) is 48.5 Å². The zero-order chi connectivity index (χ0) is 25.3. The van der Waals surface area contributed by atoms with Crippen molar-refractivity contribution in [2.75, 3.05) is 0 Å². The molecule has 0 spiro atoms. The minimum absolute atomic E-state index is 0.0295. The van der Waals surface area contributed by atoms with Gasteiger partial charge in [0.15, 0.2) is 0 Å². The number of amides is 3. The summed E-state index contributed by atoms with van der Waals surface area (Å²) in [5.74, 6) is -0.446. The molecule has 1 saturated heterocycles. The van der Waals surface area contributed by atoms with Crippen LogP contribution in [0.5, 0.6) is 0 Å². The van der Waals surface area contributed by atoms with Crippen LogP contribution >= 0.6 is 0 Å². The number of nitrogens with zero attached hydrogens (tertiary/aromatic N) is 1. The fourth-order valence-corrected chi connectivity index (χ4v) is 5.42. The Kier molecular flexibility index (Phi) is 7.29. The van der Waals surface area contributed by atoms with Gasteiger partial charge in [0.25, 0.3) is 0 Å². The first-order valence-corrected chi connectivity index (χ1v) is 12.7. The molecule has 1 unspecified atom stereocenters. The maximum Gasteiger partial charge on any atom is 0.247 e. The molecule has 6 nitrogen and oxygen atoms in total. The first-order valence-electron chi connectivity index (χ1n) is 12.7. The van der Waals surface area contributed by atoms with Gasteiger partial charge in [0, 0.05) is 6.04 Å². The van der Waals surface area contributed by atoms with Crippen molar-refractivity contribution in [2.24, 2.45) is 11.8 Å². The molecule has 0 bridgehead atoms. The van der Waals surface area contributed by atoms with Crippen molar-refractivity contribution in [3.05, 3.63) is 70.8 Å². The molecule has 2 N–H and O–H groups in total. The highest BCUT2D eigenvalue weighted by molar-refractivity contribution is 6.00. The Labute approximate surface area is 208 Å². The van der Waals surface area contributed by atoms with Gasteiger partial charge >= 0.3 is 0 Å². The van der Waals surface area contributed by atoms with Gasteiger partial charge in [-0.3, -0.25) is 14.4 Å². The summed E-state index contributed by atoms with van der Waals surface area (Å²) in [5.41, 5.74) is 4.24. The van der Waals surface area contributed by atoms with Crippen LogP contribution < -0.4 is 10.6 Å². The molecule has 2 aliphatic rings. The number of piperazine rings is 1. The first kappa shape index (κ1) is 25.0. The van der Waals surface area contributed by atoms with Gasteiger partial charge in [-0.25, -0.2) is 0 Å². The van der Waals surface area contributed by atoms with Crippen LogP contribution in [0, 0.1) is 18.8 Å². The number of aryl methyl sites for hydroxylation is 1. The normalized spacial score (nSPS) is 21.3. The summed E-state index contributed by atoms with van der Waals surface area (Å²) >= 11 is 0. The number of carbonyl (C=O) groups excluding carboxylic acids is 3. The van der Waals surface area contributed by atoms with Gasteiger partial charge in [0.2, 0.25) is 17.7 Å². The Hall–Kier alpha value is -3.15. The van der Waals surface area contributed by atoms with Crippen LogP contribution in [0.4, 0.5) is 0 Å². The van der Waals surface area contributed by atoms with Crippen molar-refractivity contribution in [3.63, 3.8) is 0 Å². The summed E-state index contributed by atoms with van der Waals surface area (Å²) in [6.45, 7) is 9.86. The monoisotopic (exact) mass is 475 g/mol. The molecule has 2 aromatic rings. The molecule has 1 heterocycles. The SMILES string of the molecule is Cc1ccc([C@H](C(=O)NC(C)C)N2C(=O)C(C3Cc4ccccc4C3)NC(=O)[C@H]2CC(C)C)cc1. The van der Waals surface area contributed by atoms with Crippen molar-refractivity contribution >= 4 is 17.7 Å². The van der Waals surface area contributed by atoms with E-state index in [2.05, 4.69) is 22.8 Å². The standard InChI is InChI=1S/C29H37N3O3/c1-17(2)14-24-27(33)31-25(23-15-21-8-6-7-9-22(21)16-23)29(35)32(24)26(28(34)30-18(3)4)20-12-10-19(5)11-13-20/h6-13,17-18,23-26H,14-16H2,1-5H3,(H,30,34)(H,31,33)/t24-,25?,26-/m1/s1. The topological polar surface area (TPSA) is 78.5 Å². The zero-order valence-electron chi connectivity index (χ0n) is 21.4. The summed E-state index contributed by atoms with van der Waals surface area (Å²) in [4.78, 5) is 42.9. The van der Waals surface area contributed by atoms with Crippen molar-refractivity contribution < 1.29 is 14.4 Å². The molecule has 0 radical (unpaired) electrons. The number of rotatable bonds is 7. The predicted molar refractivity (Wildman–Crippen MR) is 137 cm³/mol. The number of benzene rings is 2. The maximum absolute atomic E-state index is 14.2. The van der Waals surface area contributed by atoms with Crippen LogP contribution in [0.1, 0.15) is 62.4 Å². The summed E-state index contributed by atoms with van der Waals surface area (Å²) in [6.07, 6.45) is 1.97. The Balaban J connectivity index is 1.74. The molecule has 6 heteroatoms. The molecule has 0 aromatic heterocycles. The van der Waals surface area contributed by atoms with Gasteiger partial charge in [-0.2, -0.15) is 0 Å². The molecule has 2 aromatic carbocycles. The van der Waals surface area contributed by atoms with E-state index in [0.717, 1.165) is 24.0 Å². The van der Waals surface area contributed by atoms with Gasteiger partial charge in [0.1, 0.15) is 18.1 Å². The van der Waals surface area contributed by atoms with Crippen molar-refractivity contribution in [2.45, 2.75) is 78.0 Å². The summed E-state index contributed by atoms with van der Waals surface area (Å²) in [6, 6.07) is 13.6. The van der Waals surface area contributed by atoms with Crippen LogP contribution in [-0.2, 0) is 27.2 Å². The molecule has 1 aliphatic carbocycles. The third-order valence-electron chi connectivity index (χ3n) is 7.06. The van der Waals surface area contributed by atoms with Crippen molar-refractivity contribution in [3.8, 4) is 0 Å². The lowest BCUT2D eigenvalue weighted by Gasteiger charge is -2.45. The van der Waals surface area contributed by atoms with E-state index in [1.807, 2.05) is 71.0 Å². The molecule has 35 heavy (non-hydrogen) atoms. The van der Waals surface area contributed by atoms with Gasteiger partial charge < -0.3 is 15.5 Å². The Morgan fingerprint density at radius 2 is 1.60 bits per heavy atom. The lowest BCUT2D eigenvalue weighted by Crippen LogP contribution is -2.67. The fourth-order valence-electron chi connectivity index (χ4n) is 5.42. The average molecular weight is 476 g/mol. The molecule has 1 aliphatic heterocycles. The van der Waals surface area contributed by atoms with E-state index in [1.54, 1.807) is 4.90 Å². The van der Waals surface area contributed by atoms with Gasteiger partial charge in [-0.1, -0.05) is 67.9 Å². The molecule has 186 valence electrons. The highest BCUT2D eigenvalue weighted by atomic mass is 16.2. The van der Waals surface area contributed by atoms with E-state index in [9.17, 15) is 14.4 Å². The molecule has 3 amide bonds. The second-order valence-electron chi connectivity index (χ2n) is 10.8. The second kappa shape index (κ2) is 10.2. The van der Waals surface area contributed by atoms with E-state index in [1.165, 1.54) is 11.1 Å². The molecule has 4 rings (SSSR count). The van der Waals surface area contributed by atoms with E-state index in [4.69, 9.17) is 0 Å². The Bertz CT molecular complexity index is 1070. The third-order valence-corrected chi connectivity index (χ3v) is 7.06. The van der Waals surface area contributed by atoms with Crippen LogP contribution in [0.2, 0.25) is 0 Å². The Morgan fingerprint density at radius 1 is 1.00 bits per heavy atom. The summed E-state index contributed by atoms with van der Waals surface area (Å²) < 4.78 is 0. The smallest absolute Gasteiger partial charge is 0.247 e. The molecule has 1 fully saturated rings. The van der Waals surface area contributed by atoms with Crippen molar-refractivity contribution in [1.29, 1.82) is 0 Å². The maximum atomic E-state index is 14.2. The van der Waals surface area contributed by atoms with Crippen LogP contribution in [0.25, 0.3) is 0 Å². The number of hydrogen-bond acceptors (Lipinski definition) is 3. The van der Waals surface area contributed by atoms with E-state index >= 15 is 0 Å². The third kappa shape index (κ3) is 5.26. The fraction of sp³-hybridized carbons (Fsp3) is 0.483. The lowest BCUT2D eigenvalue weighted by molar-refractivity contribution is -0.158. The average Bonchev–Trinajstić information content (AvgIpc) is 3.22. The van der Waals surface area contributed by atoms with Crippen LogP contribution in [0.3, 0.4) is 0 Å². The van der Waals surface area contributed by atoms with Crippen molar-refractivity contribution in [1.82, 2.24) is 15.5 Å². The number of nitrogens with one attached hydrogen (secondary N) is 2.